The lowest BCUT2D eigenvalue weighted by molar-refractivity contribution is -0.598. The van der Waals surface area contributed by atoms with Crippen LogP contribution in [0.4, 0.5) is 5.69 Å². The highest BCUT2D eigenvalue weighted by Gasteiger charge is 2.16. The molecule has 0 radical (unpaired) electrons. The molecule has 1 heterocycles. The van der Waals surface area contributed by atoms with Gasteiger partial charge in [-0.1, -0.05) is 35.9 Å². The molecule has 0 aliphatic rings. The number of rotatable bonds is 4. The van der Waals surface area contributed by atoms with E-state index in [2.05, 4.69) is 4.98 Å². The summed E-state index contributed by atoms with van der Waals surface area (Å²) in [7, 11) is 0. The summed E-state index contributed by atoms with van der Waals surface area (Å²) < 4.78 is 0.639. The minimum Gasteiger partial charge on any atom is -0.710 e. The molecule has 0 N–H and O–H groups in total. The van der Waals surface area contributed by atoms with Gasteiger partial charge >= 0.3 is 5.82 Å². The van der Waals surface area contributed by atoms with Crippen LogP contribution in [-0.4, -0.2) is 9.91 Å². The van der Waals surface area contributed by atoms with E-state index in [1.54, 1.807) is 36.4 Å². The Kier molecular flexibility index (Phi) is 4.72. The summed E-state index contributed by atoms with van der Waals surface area (Å²) in [4.78, 5) is 14.4. The van der Waals surface area contributed by atoms with Gasteiger partial charge in [0.1, 0.15) is 11.9 Å². The molecular formula is C18H12ClN3O3. The Hall–Kier alpha value is -3.25. The van der Waals surface area contributed by atoms with E-state index in [9.17, 15) is 15.3 Å². The molecule has 0 aliphatic carbocycles. The van der Waals surface area contributed by atoms with Gasteiger partial charge in [-0.3, -0.25) is 10.1 Å². The summed E-state index contributed by atoms with van der Waals surface area (Å²) in [6.45, 7) is 0. The van der Waals surface area contributed by atoms with Crippen molar-refractivity contribution >= 4 is 29.4 Å². The van der Waals surface area contributed by atoms with Crippen LogP contribution in [0.15, 0.2) is 60.8 Å². The van der Waals surface area contributed by atoms with E-state index in [4.69, 9.17) is 11.6 Å². The number of nitrogens with zero attached hydrogens (tertiary/aromatic N) is 3. The molecule has 0 saturated carbocycles. The van der Waals surface area contributed by atoms with Gasteiger partial charge in [-0.05, 0) is 34.8 Å². The lowest BCUT2D eigenvalue weighted by atomic mass is 10.1. The fourth-order valence-electron chi connectivity index (χ4n) is 2.29. The number of nitro groups is 1. The second-order valence-corrected chi connectivity index (χ2v) is 5.62. The number of halogens is 1. The molecule has 1 aromatic heterocycles. The molecule has 0 saturated heterocycles. The van der Waals surface area contributed by atoms with Gasteiger partial charge in [-0.15, -0.1) is 0 Å². The molecule has 0 amide bonds. The average Bonchev–Trinajstić information content (AvgIpc) is 2.61. The van der Waals surface area contributed by atoms with Gasteiger partial charge in [-0.25, -0.2) is 4.73 Å². The first-order valence-corrected chi connectivity index (χ1v) is 7.69. The zero-order chi connectivity index (χ0) is 17.8. The molecule has 25 heavy (non-hydrogen) atoms. The van der Waals surface area contributed by atoms with Crippen molar-refractivity contribution in [1.82, 2.24) is 4.98 Å². The van der Waals surface area contributed by atoms with E-state index >= 15 is 0 Å². The molecule has 3 rings (SSSR count). The highest BCUT2D eigenvalue weighted by Crippen LogP contribution is 2.20. The topological polar surface area (TPSA) is 83.0 Å². The van der Waals surface area contributed by atoms with Crippen LogP contribution < -0.4 is 4.73 Å². The van der Waals surface area contributed by atoms with Gasteiger partial charge in [0, 0.05) is 23.2 Å². The molecular weight excluding hydrogens is 342 g/mol. The summed E-state index contributed by atoms with van der Waals surface area (Å²) in [6.07, 6.45) is 4.88. The number of hydrogen-bond acceptors (Lipinski definition) is 4. The van der Waals surface area contributed by atoms with E-state index in [0.717, 1.165) is 5.56 Å². The first-order chi connectivity index (χ1) is 12.0. The van der Waals surface area contributed by atoms with Crippen molar-refractivity contribution in [2.45, 2.75) is 0 Å². The summed E-state index contributed by atoms with van der Waals surface area (Å²) in [6, 6.07) is 14.6. The SMILES string of the molecule is O=[N+]([O-])c1cccc(-c2nccc(/C=C/c3cccc(Cl)c3)[n+]2[O-])c1. The van der Waals surface area contributed by atoms with Crippen molar-refractivity contribution in [2.75, 3.05) is 0 Å². The van der Waals surface area contributed by atoms with Crippen LogP contribution in [0.5, 0.6) is 0 Å². The van der Waals surface area contributed by atoms with E-state index in [-0.39, 0.29) is 11.5 Å². The summed E-state index contributed by atoms with van der Waals surface area (Å²) in [5.41, 5.74) is 1.49. The molecule has 2 aromatic carbocycles. The summed E-state index contributed by atoms with van der Waals surface area (Å²) >= 11 is 5.94. The molecule has 7 heteroatoms. The van der Waals surface area contributed by atoms with Gasteiger partial charge < -0.3 is 5.21 Å². The monoisotopic (exact) mass is 353 g/mol. The van der Waals surface area contributed by atoms with Crippen molar-refractivity contribution < 1.29 is 9.65 Å². The molecule has 0 spiro atoms. The van der Waals surface area contributed by atoms with Crippen LogP contribution in [0.1, 0.15) is 11.3 Å². The predicted molar refractivity (Wildman–Crippen MR) is 95.7 cm³/mol. The number of hydrogen-bond donors (Lipinski definition) is 0. The molecule has 0 unspecified atom stereocenters. The lowest BCUT2D eigenvalue weighted by Crippen LogP contribution is -2.33. The van der Waals surface area contributed by atoms with Gasteiger partial charge in [0.05, 0.1) is 10.5 Å². The maximum atomic E-state index is 12.5. The van der Waals surface area contributed by atoms with Crippen LogP contribution in [-0.2, 0) is 0 Å². The van der Waals surface area contributed by atoms with Gasteiger partial charge in [0.15, 0.2) is 0 Å². The normalized spacial score (nSPS) is 10.9. The second-order valence-electron chi connectivity index (χ2n) is 5.18. The minimum absolute atomic E-state index is 0.0944. The Labute approximate surface area is 148 Å². The highest BCUT2D eigenvalue weighted by atomic mass is 35.5. The molecule has 0 atom stereocenters. The fraction of sp³-hybridized carbons (Fsp3) is 0. The highest BCUT2D eigenvalue weighted by molar-refractivity contribution is 6.30. The smallest absolute Gasteiger partial charge is 0.333 e. The van der Waals surface area contributed by atoms with E-state index in [1.807, 2.05) is 12.1 Å². The standard InChI is InChI=1S/C18H12ClN3O3/c19-15-5-1-3-13(11-15)7-8-16-9-10-20-18(21(16)23)14-4-2-6-17(12-14)22(24)25/h1-12H/b8-7+. The quantitative estimate of drug-likeness (QED) is 0.306. The van der Waals surface area contributed by atoms with E-state index in [1.165, 1.54) is 24.4 Å². The Balaban J connectivity index is 1.98. The van der Waals surface area contributed by atoms with Gasteiger partial charge in [0.2, 0.25) is 0 Å². The first-order valence-electron chi connectivity index (χ1n) is 7.31. The number of nitro benzene ring substituents is 1. The minimum atomic E-state index is -0.512. The zero-order valence-electron chi connectivity index (χ0n) is 12.9. The Bertz CT molecular complexity index is 973. The van der Waals surface area contributed by atoms with Crippen molar-refractivity contribution in [1.29, 1.82) is 0 Å². The Morgan fingerprint density at radius 3 is 2.64 bits per heavy atom. The van der Waals surface area contributed by atoms with Crippen molar-refractivity contribution in [3.63, 3.8) is 0 Å². The summed E-state index contributed by atoms with van der Waals surface area (Å²) in [5.74, 6) is 0.0944. The second kappa shape index (κ2) is 7.11. The third-order valence-corrected chi connectivity index (χ3v) is 3.71. The third-order valence-electron chi connectivity index (χ3n) is 3.48. The van der Waals surface area contributed by atoms with Crippen molar-refractivity contribution in [3.05, 3.63) is 92.4 Å². The van der Waals surface area contributed by atoms with Crippen LogP contribution in [0.2, 0.25) is 5.02 Å². The maximum absolute atomic E-state index is 12.5. The van der Waals surface area contributed by atoms with E-state index in [0.29, 0.717) is 21.0 Å². The van der Waals surface area contributed by atoms with Crippen LogP contribution in [0.3, 0.4) is 0 Å². The molecule has 124 valence electrons. The third kappa shape index (κ3) is 3.81. The van der Waals surface area contributed by atoms with Crippen molar-refractivity contribution in [2.24, 2.45) is 0 Å². The number of benzene rings is 2. The van der Waals surface area contributed by atoms with Crippen LogP contribution in [0, 0.1) is 15.3 Å². The van der Waals surface area contributed by atoms with Gasteiger partial charge in [-0.2, -0.15) is 0 Å². The first kappa shape index (κ1) is 16.6. The zero-order valence-corrected chi connectivity index (χ0v) is 13.6. The number of aromatic nitrogens is 2. The molecule has 0 fully saturated rings. The van der Waals surface area contributed by atoms with Crippen molar-refractivity contribution in [3.8, 4) is 11.4 Å². The van der Waals surface area contributed by atoms with E-state index < -0.39 is 4.92 Å². The average molecular weight is 354 g/mol. The fourth-order valence-corrected chi connectivity index (χ4v) is 2.49. The van der Waals surface area contributed by atoms with Crippen LogP contribution >= 0.6 is 11.6 Å². The number of non-ortho nitro benzene ring substituents is 1. The lowest BCUT2D eigenvalue weighted by Gasteiger charge is -2.09. The van der Waals surface area contributed by atoms with Gasteiger partial charge in [0.25, 0.3) is 5.69 Å². The Morgan fingerprint density at radius 2 is 1.88 bits per heavy atom. The molecule has 3 aromatic rings. The van der Waals surface area contributed by atoms with Crippen LogP contribution in [0.25, 0.3) is 23.5 Å². The predicted octanol–water partition coefficient (Wildman–Crippen LogP) is 4.11. The summed E-state index contributed by atoms with van der Waals surface area (Å²) in [5, 5.41) is 24.0. The maximum Gasteiger partial charge on any atom is 0.333 e. The largest absolute Gasteiger partial charge is 0.710 e. The molecule has 6 nitrogen and oxygen atoms in total. The Morgan fingerprint density at radius 1 is 1.08 bits per heavy atom. The molecule has 0 aliphatic heterocycles. The molecule has 0 bridgehead atoms.